The van der Waals surface area contributed by atoms with Gasteiger partial charge in [-0.15, -0.1) is 0 Å². The summed E-state index contributed by atoms with van der Waals surface area (Å²) < 4.78 is 0. The summed E-state index contributed by atoms with van der Waals surface area (Å²) in [5.41, 5.74) is 0. The Morgan fingerprint density at radius 3 is 2.80 bits per heavy atom. The molecule has 0 aromatic heterocycles. The third-order valence-corrected chi connectivity index (χ3v) is 1.12. The van der Waals surface area contributed by atoms with Crippen molar-refractivity contribution < 1.29 is 0 Å². The van der Waals surface area contributed by atoms with E-state index in [-0.39, 0.29) is 0 Å². The molecule has 0 saturated heterocycles. The van der Waals surface area contributed by atoms with E-state index in [2.05, 4.69) is 22.6 Å². The summed E-state index contributed by atoms with van der Waals surface area (Å²) in [6.07, 6.45) is 2.19. The predicted octanol–water partition coefficient (Wildman–Crippen LogP) is 0.702. The molecule has 0 aliphatic rings. The van der Waals surface area contributed by atoms with Crippen molar-refractivity contribution >= 4 is 0 Å². The minimum Gasteiger partial charge on any atom is -0.317 e. The van der Waals surface area contributed by atoms with Gasteiger partial charge < -0.3 is 11.2 Å². The fraction of sp³-hybridized carbons (Fsp3) is 1.00. The number of nitrogens with zero attached hydrogens (tertiary/aromatic N) is 2. The van der Waals surface area contributed by atoms with E-state index in [1.807, 2.05) is 0 Å². The first-order valence-electron chi connectivity index (χ1n) is 3.69. The van der Waals surface area contributed by atoms with Crippen LogP contribution in [0.2, 0.25) is 0 Å². The molecule has 3 N–H and O–H groups in total. The molecule has 0 bridgehead atoms. The van der Waals surface area contributed by atoms with Crippen molar-refractivity contribution in [2.45, 2.75) is 19.8 Å². The van der Waals surface area contributed by atoms with Crippen LogP contribution in [0.5, 0.6) is 0 Å². The zero-order chi connectivity index (χ0) is 7.66. The molecule has 0 aliphatic heterocycles. The van der Waals surface area contributed by atoms with E-state index in [0.717, 1.165) is 26.1 Å². The van der Waals surface area contributed by atoms with Crippen LogP contribution in [-0.2, 0) is 0 Å². The van der Waals surface area contributed by atoms with E-state index in [1.54, 1.807) is 0 Å². The van der Waals surface area contributed by atoms with Gasteiger partial charge in [-0.25, -0.2) is 0 Å². The number of hydrogen-bond donors (Lipinski definition) is 2. The topological polar surface area (TPSA) is 62.8 Å². The Kier molecular flexibility index (Phi) is 7.82. The molecular weight excluding hydrogens is 128 g/mol. The molecule has 0 heterocycles. The minimum atomic E-state index is 0.729. The summed E-state index contributed by atoms with van der Waals surface area (Å²) in [7, 11) is 0. The highest BCUT2D eigenvalue weighted by Gasteiger charge is 1.83. The van der Waals surface area contributed by atoms with Gasteiger partial charge in [0.2, 0.25) is 0 Å². The molecule has 10 heavy (non-hydrogen) atoms. The second kappa shape index (κ2) is 8.36. The maximum Gasteiger partial charge on any atom is 0.0632 e. The summed E-state index contributed by atoms with van der Waals surface area (Å²) in [5.74, 6) is 4.81. The molecule has 4 heteroatoms. The van der Waals surface area contributed by atoms with E-state index < -0.39 is 0 Å². The van der Waals surface area contributed by atoms with Crippen molar-refractivity contribution in [2.24, 2.45) is 16.2 Å². The van der Waals surface area contributed by atoms with Crippen molar-refractivity contribution in [3.8, 4) is 0 Å². The zero-order valence-corrected chi connectivity index (χ0v) is 6.51. The average Bonchev–Trinajstić information content (AvgIpc) is 1.97. The molecule has 0 aromatic carbocycles. The SMILES string of the molecule is CCCNCCCN=NN. The lowest BCUT2D eigenvalue weighted by molar-refractivity contribution is 0.637. The molecule has 0 aliphatic carbocycles. The van der Waals surface area contributed by atoms with Crippen LogP contribution in [0, 0.1) is 0 Å². The average molecular weight is 144 g/mol. The normalized spacial score (nSPS) is 10.9. The molecule has 0 aromatic rings. The highest BCUT2D eigenvalue weighted by atomic mass is 15.3. The van der Waals surface area contributed by atoms with Gasteiger partial charge in [-0.2, -0.15) is 5.11 Å². The van der Waals surface area contributed by atoms with Crippen LogP contribution in [0.4, 0.5) is 0 Å². The monoisotopic (exact) mass is 144 g/mol. The molecule has 60 valence electrons. The molecule has 0 atom stereocenters. The molecule has 0 fully saturated rings. The second-order valence-corrected chi connectivity index (χ2v) is 2.08. The molecule has 4 nitrogen and oxygen atoms in total. The van der Waals surface area contributed by atoms with Gasteiger partial charge in [0, 0.05) is 0 Å². The van der Waals surface area contributed by atoms with Crippen molar-refractivity contribution in [3.63, 3.8) is 0 Å². The largest absolute Gasteiger partial charge is 0.317 e. The summed E-state index contributed by atoms with van der Waals surface area (Å²) in [4.78, 5) is 0. The Bertz CT molecular complexity index is 81.8. The molecule has 0 unspecified atom stereocenters. The van der Waals surface area contributed by atoms with Crippen LogP contribution in [0.15, 0.2) is 10.3 Å². The maximum atomic E-state index is 4.81. The van der Waals surface area contributed by atoms with Crippen molar-refractivity contribution in [1.82, 2.24) is 5.32 Å². The van der Waals surface area contributed by atoms with Gasteiger partial charge in [0.25, 0.3) is 0 Å². The van der Waals surface area contributed by atoms with Crippen LogP contribution in [0.3, 0.4) is 0 Å². The summed E-state index contributed by atoms with van der Waals surface area (Å²) in [5, 5.41) is 10.0. The van der Waals surface area contributed by atoms with Crippen LogP contribution in [-0.4, -0.2) is 19.6 Å². The fourth-order valence-electron chi connectivity index (χ4n) is 0.634. The highest BCUT2D eigenvalue weighted by Crippen LogP contribution is 1.78. The van der Waals surface area contributed by atoms with E-state index in [4.69, 9.17) is 5.84 Å². The molecule has 0 saturated carbocycles. The molecule has 0 rings (SSSR count). The lowest BCUT2D eigenvalue weighted by Crippen LogP contribution is -2.16. The third kappa shape index (κ3) is 7.36. The van der Waals surface area contributed by atoms with Gasteiger partial charge in [-0.05, 0) is 25.9 Å². The molecule has 0 amide bonds. The Morgan fingerprint density at radius 2 is 2.20 bits per heavy atom. The Balaban J connectivity index is 2.77. The first-order chi connectivity index (χ1) is 4.91. The smallest absolute Gasteiger partial charge is 0.0632 e. The minimum absolute atomic E-state index is 0.729. The van der Waals surface area contributed by atoms with E-state index in [9.17, 15) is 0 Å². The van der Waals surface area contributed by atoms with Gasteiger partial charge in [0.1, 0.15) is 0 Å². The maximum absolute atomic E-state index is 4.81. The van der Waals surface area contributed by atoms with Crippen molar-refractivity contribution in [2.75, 3.05) is 19.6 Å². The van der Waals surface area contributed by atoms with Gasteiger partial charge in [-0.1, -0.05) is 12.1 Å². The fourth-order valence-corrected chi connectivity index (χ4v) is 0.634. The summed E-state index contributed by atoms with van der Waals surface area (Å²) in [6.45, 7) is 4.96. The third-order valence-electron chi connectivity index (χ3n) is 1.12. The Labute approximate surface area is 61.9 Å². The Hall–Kier alpha value is -0.640. The molecular formula is C6H16N4. The van der Waals surface area contributed by atoms with Gasteiger partial charge in [0.15, 0.2) is 0 Å². The number of rotatable bonds is 6. The Morgan fingerprint density at radius 1 is 1.40 bits per heavy atom. The van der Waals surface area contributed by atoms with Crippen LogP contribution < -0.4 is 11.2 Å². The number of hydrogen-bond acceptors (Lipinski definition) is 3. The summed E-state index contributed by atoms with van der Waals surface area (Å²) in [6, 6.07) is 0. The first-order valence-corrected chi connectivity index (χ1v) is 3.69. The number of nitrogens with one attached hydrogen (secondary N) is 1. The molecule has 0 spiro atoms. The van der Waals surface area contributed by atoms with Crippen molar-refractivity contribution in [3.05, 3.63) is 0 Å². The lowest BCUT2D eigenvalue weighted by Gasteiger charge is -1.98. The predicted molar refractivity (Wildman–Crippen MR) is 41.7 cm³/mol. The standard InChI is InChI=1S/C6H16N4/c1-2-4-8-5-3-6-9-10-7/h8H,2-6H2,1H3,(H2,7,9). The molecule has 0 radical (unpaired) electrons. The highest BCUT2D eigenvalue weighted by molar-refractivity contribution is 4.46. The number of nitrogens with two attached hydrogens (primary N) is 1. The van der Waals surface area contributed by atoms with Crippen LogP contribution in [0.1, 0.15) is 19.8 Å². The van der Waals surface area contributed by atoms with E-state index in [0.29, 0.717) is 0 Å². The van der Waals surface area contributed by atoms with E-state index >= 15 is 0 Å². The second-order valence-electron chi connectivity index (χ2n) is 2.08. The van der Waals surface area contributed by atoms with Crippen LogP contribution >= 0.6 is 0 Å². The van der Waals surface area contributed by atoms with Gasteiger partial charge in [0.05, 0.1) is 6.54 Å². The van der Waals surface area contributed by atoms with Gasteiger partial charge in [-0.3, -0.25) is 0 Å². The first kappa shape index (κ1) is 9.36. The zero-order valence-electron chi connectivity index (χ0n) is 6.51. The quantitative estimate of drug-likeness (QED) is 0.249. The van der Waals surface area contributed by atoms with Gasteiger partial charge >= 0.3 is 0 Å². The van der Waals surface area contributed by atoms with Crippen molar-refractivity contribution in [1.29, 1.82) is 0 Å². The lowest BCUT2D eigenvalue weighted by atomic mass is 10.4. The summed E-state index contributed by atoms with van der Waals surface area (Å²) >= 11 is 0. The van der Waals surface area contributed by atoms with E-state index in [1.165, 1.54) is 6.42 Å². The van der Waals surface area contributed by atoms with Crippen LogP contribution in [0.25, 0.3) is 0 Å².